The largest absolute Gasteiger partial charge is 0.483 e. The molecule has 2 heterocycles. The van der Waals surface area contributed by atoms with Gasteiger partial charge in [-0.3, -0.25) is 0 Å². The number of ether oxygens (including phenoxy) is 1. The molecule has 8 heteroatoms. The summed E-state index contributed by atoms with van der Waals surface area (Å²) in [4.78, 5) is 4.84. The fraction of sp³-hybridized carbons (Fsp3) is 0.381. The molecular formula is C21H24FN3O3S. The van der Waals surface area contributed by atoms with Gasteiger partial charge in [-0.15, -0.1) is 0 Å². The number of fused-ring (bicyclic) bond motifs is 1. The topological polar surface area (TPSA) is 64.4 Å². The second-order valence-electron chi connectivity index (χ2n) is 7.11. The first-order valence-electron chi connectivity index (χ1n) is 9.87. The van der Waals surface area contributed by atoms with Gasteiger partial charge in [-0.05, 0) is 50.1 Å². The molecular weight excluding hydrogens is 393 g/mol. The van der Waals surface area contributed by atoms with Crippen LogP contribution in [0.2, 0.25) is 0 Å². The van der Waals surface area contributed by atoms with Crippen LogP contribution in [0.5, 0.6) is 5.75 Å². The highest BCUT2D eigenvalue weighted by Gasteiger charge is 2.26. The summed E-state index contributed by atoms with van der Waals surface area (Å²) in [6.45, 7) is 3.84. The number of nitrogens with zero attached hydrogens (tertiary/aromatic N) is 3. The lowest BCUT2D eigenvalue weighted by molar-refractivity contribution is 0.276. The summed E-state index contributed by atoms with van der Waals surface area (Å²) >= 11 is 0. The Morgan fingerprint density at radius 3 is 2.59 bits per heavy atom. The maximum atomic E-state index is 13.8. The van der Waals surface area contributed by atoms with Gasteiger partial charge in [0.05, 0.1) is 15.9 Å². The van der Waals surface area contributed by atoms with E-state index in [1.807, 2.05) is 11.5 Å². The van der Waals surface area contributed by atoms with Crippen LogP contribution in [0, 0.1) is 5.82 Å². The van der Waals surface area contributed by atoms with Crippen molar-refractivity contribution in [2.45, 2.75) is 44.2 Å². The van der Waals surface area contributed by atoms with E-state index in [0.29, 0.717) is 31.0 Å². The third-order valence-corrected chi connectivity index (χ3v) is 7.16. The summed E-state index contributed by atoms with van der Waals surface area (Å²) in [6, 6.07) is 11.3. The van der Waals surface area contributed by atoms with Crippen LogP contribution in [-0.4, -0.2) is 35.4 Å². The van der Waals surface area contributed by atoms with E-state index in [1.54, 1.807) is 40.7 Å². The van der Waals surface area contributed by atoms with Crippen molar-refractivity contribution in [1.29, 1.82) is 0 Å². The molecule has 154 valence electrons. The maximum Gasteiger partial charge on any atom is 0.243 e. The fourth-order valence-corrected chi connectivity index (χ4v) is 5.28. The zero-order chi connectivity index (χ0) is 20.4. The van der Waals surface area contributed by atoms with E-state index in [4.69, 9.17) is 4.74 Å². The van der Waals surface area contributed by atoms with Gasteiger partial charge in [-0.25, -0.2) is 17.8 Å². The number of sulfonamides is 1. The van der Waals surface area contributed by atoms with Crippen molar-refractivity contribution >= 4 is 21.1 Å². The minimum Gasteiger partial charge on any atom is -0.483 e. The normalized spacial score (nSPS) is 15.7. The number of hydrogen-bond donors (Lipinski definition) is 0. The second kappa shape index (κ2) is 8.12. The Kier molecular flexibility index (Phi) is 5.56. The molecule has 0 radical (unpaired) electrons. The lowest BCUT2D eigenvalue weighted by Crippen LogP contribution is -2.35. The van der Waals surface area contributed by atoms with Crippen LogP contribution < -0.4 is 4.74 Å². The molecule has 1 saturated heterocycles. The molecule has 1 aliphatic heterocycles. The number of piperidine rings is 1. The molecule has 0 spiro atoms. The number of rotatable bonds is 6. The third kappa shape index (κ3) is 3.86. The zero-order valence-corrected chi connectivity index (χ0v) is 17.2. The predicted molar refractivity (Wildman–Crippen MR) is 109 cm³/mol. The molecule has 0 atom stereocenters. The summed E-state index contributed by atoms with van der Waals surface area (Å²) in [5, 5.41) is 0. The minimum atomic E-state index is -3.52. The van der Waals surface area contributed by atoms with Crippen molar-refractivity contribution in [2.24, 2.45) is 0 Å². The van der Waals surface area contributed by atoms with Gasteiger partial charge in [-0.2, -0.15) is 4.31 Å². The van der Waals surface area contributed by atoms with Gasteiger partial charge in [0.15, 0.2) is 11.6 Å². The fourth-order valence-electron chi connectivity index (χ4n) is 3.74. The Labute approximate surface area is 170 Å². The average Bonchev–Trinajstić information content (AvgIpc) is 3.10. The van der Waals surface area contributed by atoms with Gasteiger partial charge in [0.2, 0.25) is 10.0 Å². The van der Waals surface area contributed by atoms with Crippen LogP contribution in [0.15, 0.2) is 47.4 Å². The van der Waals surface area contributed by atoms with Crippen molar-refractivity contribution < 1.29 is 17.5 Å². The first kappa shape index (κ1) is 19.8. The molecule has 3 aromatic rings. The summed E-state index contributed by atoms with van der Waals surface area (Å²) in [5.41, 5.74) is 1.43. The standard InChI is InChI=1S/C21H24FN3O3S/c1-2-25-19-11-10-16(29(26,27)24-12-6-3-7-13-24)14-18(19)23-21(25)15-28-20-9-5-4-8-17(20)22/h4-5,8-11,14H,2-3,6-7,12-13,15H2,1H3. The van der Waals surface area contributed by atoms with E-state index in [2.05, 4.69) is 4.98 Å². The molecule has 4 rings (SSSR count). The molecule has 29 heavy (non-hydrogen) atoms. The van der Waals surface area contributed by atoms with Crippen LogP contribution in [0.4, 0.5) is 4.39 Å². The van der Waals surface area contributed by atoms with Crippen LogP contribution in [-0.2, 0) is 23.2 Å². The average molecular weight is 418 g/mol. The van der Waals surface area contributed by atoms with E-state index >= 15 is 0 Å². The molecule has 6 nitrogen and oxygen atoms in total. The number of imidazole rings is 1. The zero-order valence-electron chi connectivity index (χ0n) is 16.3. The number of aromatic nitrogens is 2. The SMILES string of the molecule is CCn1c(COc2ccccc2F)nc2cc(S(=O)(=O)N3CCCCC3)ccc21. The number of halogens is 1. The number of hydrogen-bond acceptors (Lipinski definition) is 4. The van der Waals surface area contributed by atoms with Crippen LogP contribution in [0.25, 0.3) is 11.0 Å². The summed E-state index contributed by atoms with van der Waals surface area (Å²) in [6.07, 6.45) is 2.85. The van der Waals surface area contributed by atoms with E-state index in [0.717, 1.165) is 24.8 Å². The van der Waals surface area contributed by atoms with E-state index < -0.39 is 15.8 Å². The molecule has 1 fully saturated rings. The molecule has 0 amide bonds. The quantitative estimate of drug-likeness (QED) is 0.609. The highest BCUT2D eigenvalue weighted by atomic mass is 32.2. The Balaban J connectivity index is 1.64. The highest BCUT2D eigenvalue weighted by Crippen LogP contribution is 2.26. The second-order valence-corrected chi connectivity index (χ2v) is 9.04. The van der Waals surface area contributed by atoms with Crippen molar-refractivity contribution in [2.75, 3.05) is 13.1 Å². The number of aryl methyl sites for hydroxylation is 1. The molecule has 0 saturated carbocycles. The summed E-state index contributed by atoms with van der Waals surface area (Å²) < 4.78 is 48.9. The van der Waals surface area contributed by atoms with Gasteiger partial charge < -0.3 is 9.30 Å². The summed E-state index contributed by atoms with van der Waals surface area (Å²) in [5.74, 6) is 0.357. The van der Waals surface area contributed by atoms with Crippen molar-refractivity contribution in [3.8, 4) is 5.75 Å². The van der Waals surface area contributed by atoms with E-state index in [1.165, 1.54) is 6.07 Å². The molecule has 0 bridgehead atoms. The molecule has 2 aromatic carbocycles. The van der Waals surface area contributed by atoms with Gasteiger partial charge in [0, 0.05) is 19.6 Å². The first-order chi connectivity index (χ1) is 14.0. The van der Waals surface area contributed by atoms with Gasteiger partial charge in [0.1, 0.15) is 12.4 Å². The Bertz CT molecular complexity index is 1120. The summed E-state index contributed by atoms with van der Waals surface area (Å²) in [7, 11) is -3.52. The molecule has 0 unspecified atom stereocenters. The van der Waals surface area contributed by atoms with Gasteiger partial charge >= 0.3 is 0 Å². The highest BCUT2D eigenvalue weighted by molar-refractivity contribution is 7.89. The molecule has 0 aliphatic carbocycles. The van der Waals surface area contributed by atoms with Gasteiger partial charge in [0.25, 0.3) is 0 Å². The maximum absolute atomic E-state index is 13.8. The van der Waals surface area contributed by atoms with E-state index in [-0.39, 0.29) is 17.3 Å². The van der Waals surface area contributed by atoms with E-state index in [9.17, 15) is 12.8 Å². The van der Waals surface area contributed by atoms with Crippen LogP contribution >= 0.6 is 0 Å². The molecule has 0 N–H and O–H groups in total. The van der Waals surface area contributed by atoms with Crippen LogP contribution in [0.3, 0.4) is 0 Å². The number of para-hydroxylation sites is 1. The van der Waals surface area contributed by atoms with Crippen molar-refractivity contribution in [3.05, 3.63) is 54.1 Å². The van der Waals surface area contributed by atoms with Crippen molar-refractivity contribution in [3.63, 3.8) is 0 Å². The minimum absolute atomic E-state index is 0.0949. The smallest absolute Gasteiger partial charge is 0.243 e. The number of benzene rings is 2. The Hall–Kier alpha value is -2.45. The lowest BCUT2D eigenvalue weighted by Gasteiger charge is -2.25. The van der Waals surface area contributed by atoms with Crippen molar-refractivity contribution in [1.82, 2.24) is 13.9 Å². The third-order valence-electron chi connectivity index (χ3n) is 5.26. The van der Waals surface area contributed by atoms with Gasteiger partial charge in [-0.1, -0.05) is 18.6 Å². The Morgan fingerprint density at radius 2 is 1.86 bits per heavy atom. The first-order valence-corrected chi connectivity index (χ1v) is 11.3. The monoisotopic (exact) mass is 417 g/mol. The predicted octanol–water partition coefficient (Wildman–Crippen LogP) is 3.95. The molecule has 1 aromatic heterocycles. The Morgan fingerprint density at radius 1 is 1.10 bits per heavy atom. The lowest BCUT2D eigenvalue weighted by atomic mass is 10.2. The van der Waals surface area contributed by atoms with Crippen LogP contribution in [0.1, 0.15) is 32.0 Å². The molecule has 1 aliphatic rings.